The van der Waals surface area contributed by atoms with Crippen LogP contribution >= 0.6 is 0 Å². The van der Waals surface area contributed by atoms with E-state index in [1.165, 1.54) is 0 Å². The van der Waals surface area contributed by atoms with Gasteiger partial charge in [0.1, 0.15) is 11.5 Å². The van der Waals surface area contributed by atoms with Gasteiger partial charge in [0.05, 0.1) is 32.5 Å². The summed E-state index contributed by atoms with van der Waals surface area (Å²) in [6, 6.07) is 14.7. The molecule has 2 aromatic carbocycles. The molecule has 2 aliphatic rings. The third kappa shape index (κ3) is 3.72. The zero-order valence-electron chi connectivity index (χ0n) is 17.2. The molecule has 1 saturated heterocycles. The molecule has 2 heterocycles. The van der Waals surface area contributed by atoms with Crippen molar-refractivity contribution in [2.75, 3.05) is 20.8 Å². The SMILES string of the molecule is COc1ccc(C(=O)N2N=C3CC(C)(C)OC[C@@H]3[C@H]2c2ccc(OC)cc2)cc1. The van der Waals surface area contributed by atoms with Gasteiger partial charge in [0, 0.05) is 23.6 Å². The fourth-order valence-electron chi connectivity index (χ4n) is 4.00. The van der Waals surface area contributed by atoms with E-state index < -0.39 is 0 Å². The number of amides is 1. The summed E-state index contributed by atoms with van der Waals surface area (Å²) < 4.78 is 16.6. The van der Waals surface area contributed by atoms with Crippen molar-refractivity contribution in [3.63, 3.8) is 0 Å². The topological polar surface area (TPSA) is 60.4 Å². The third-order valence-corrected chi connectivity index (χ3v) is 5.57. The quantitative estimate of drug-likeness (QED) is 0.784. The summed E-state index contributed by atoms with van der Waals surface area (Å²) in [5, 5.41) is 6.40. The predicted molar refractivity (Wildman–Crippen MR) is 110 cm³/mol. The number of carbonyl (C=O) groups excluding carboxylic acids is 1. The van der Waals surface area contributed by atoms with Gasteiger partial charge in [0.25, 0.3) is 5.91 Å². The highest BCUT2D eigenvalue weighted by atomic mass is 16.5. The van der Waals surface area contributed by atoms with Gasteiger partial charge in [-0.05, 0) is 55.8 Å². The van der Waals surface area contributed by atoms with Crippen LogP contribution < -0.4 is 9.47 Å². The van der Waals surface area contributed by atoms with E-state index in [9.17, 15) is 4.79 Å². The van der Waals surface area contributed by atoms with E-state index in [1.807, 2.05) is 24.3 Å². The number of benzene rings is 2. The van der Waals surface area contributed by atoms with Gasteiger partial charge in [-0.3, -0.25) is 4.79 Å². The van der Waals surface area contributed by atoms with Gasteiger partial charge in [-0.2, -0.15) is 5.10 Å². The second-order valence-electron chi connectivity index (χ2n) is 8.04. The molecule has 6 nitrogen and oxygen atoms in total. The number of hydrazone groups is 1. The molecule has 0 unspecified atom stereocenters. The lowest BCUT2D eigenvalue weighted by Gasteiger charge is -2.36. The number of fused-ring (bicyclic) bond motifs is 1. The molecule has 152 valence electrons. The van der Waals surface area contributed by atoms with Crippen molar-refractivity contribution in [1.29, 1.82) is 0 Å². The average Bonchev–Trinajstić information content (AvgIpc) is 3.10. The number of rotatable bonds is 4. The summed E-state index contributed by atoms with van der Waals surface area (Å²) in [5.74, 6) is 1.40. The van der Waals surface area contributed by atoms with Gasteiger partial charge in [-0.25, -0.2) is 5.01 Å². The standard InChI is InChI=1S/C23H26N2O4/c1-23(2)13-20-19(14-29-23)21(15-5-9-17(27-3)10-6-15)25(24-20)22(26)16-7-11-18(28-4)12-8-16/h5-12,19,21H,13-14H2,1-4H3/t19-,21+/m0/s1. The van der Waals surface area contributed by atoms with Crippen LogP contribution in [0.2, 0.25) is 0 Å². The minimum absolute atomic E-state index is 0.0404. The van der Waals surface area contributed by atoms with Gasteiger partial charge in [-0.1, -0.05) is 12.1 Å². The lowest BCUT2D eigenvalue weighted by molar-refractivity contribution is -0.0424. The Morgan fingerprint density at radius 1 is 1.03 bits per heavy atom. The lowest BCUT2D eigenvalue weighted by atomic mass is 9.83. The largest absolute Gasteiger partial charge is 0.497 e. The fourth-order valence-corrected chi connectivity index (χ4v) is 4.00. The van der Waals surface area contributed by atoms with Crippen molar-refractivity contribution in [2.45, 2.75) is 31.9 Å². The van der Waals surface area contributed by atoms with Crippen molar-refractivity contribution >= 4 is 11.6 Å². The molecular weight excluding hydrogens is 368 g/mol. The zero-order chi connectivity index (χ0) is 20.6. The molecule has 0 saturated carbocycles. The third-order valence-electron chi connectivity index (χ3n) is 5.57. The van der Waals surface area contributed by atoms with Crippen LogP contribution in [-0.2, 0) is 4.74 Å². The van der Waals surface area contributed by atoms with E-state index >= 15 is 0 Å². The first kappa shape index (κ1) is 19.5. The highest BCUT2D eigenvalue weighted by Gasteiger charge is 2.46. The molecule has 2 aliphatic heterocycles. The van der Waals surface area contributed by atoms with Crippen LogP contribution in [0.1, 0.15) is 42.2 Å². The molecule has 0 aromatic heterocycles. The number of hydrogen-bond donors (Lipinski definition) is 0. The van der Waals surface area contributed by atoms with E-state index in [0.29, 0.717) is 24.3 Å². The van der Waals surface area contributed by atoms with Gasteiger partial charge in [0.2, 0.25) is 0 Å². The Balaban J connectivity index is 1.70. The Bertz CT molecular complexity index is 919. The van der Waals surface area contributed by atoms with Crippen molar-refractivity contribution in [3.05, 3.63) is 59.7 Å². The fraction of sp³-hybridized carbons (Fsp3) is 0.391. The molecule has 0 spiro atoms. The Labute approximate surface area is 171 Å². The lowest BCUT2D eigenvalue weighted by Crippen LogP contribution is -2.41. The Morgan fingerprint density at radius 3 is 2.21 bits per heavy atom. The number of hydrogen-bond acceptors (Lipinski definition) is 5. The maximum atomic E-state index is 13.4. The van der Waals surface area contributed by atoms with Crippen molar-refractivity contribution in [3.8, 4) is 11.5 Å². The summed E-state index contributed by atoms with van der Waals surface area (Å²) in [6.45, 7) is 4.65. The first-order valence-corrected chi connectivity index (χ1v) is 9.75. The van der Waals surface area contributed by atoms with Gasteiger partial charge >= 0.3 is 0 Å². The van der Waals surface area contributed by atoms with E-state index in [-0.39, 0.29) is 23.5 Å². The number of ether oxygens (including phenoxy) is 3. The summed E-state index contributed by atoms with van der Waals surface area (Å²) in [5.41, 5.74) is 2.33. The Hall–Kier alpha value is -2.86. The van der Waals surface area contributed by atoms with Gasteiger partial charge in [0.15, 0.2) is 0 Å². The molecular formula is C23H26N2O4. The van der Waals surface area contributed by atoms with Crippen molar-refractivity contribution < 1.29 is 19.0 Å². The monoisotopic (exact) mass is 394 g/mol. The minimum atomic E-state index is -0.279. The highest BCUT2D eigenvalue weighted by Crippen LogP contribution is 2.42. The van der Waals surface area contributed by atoms with Crippen LogP contribution in [0.25, 0.3) is 0 Å². The minimum Gasteiger partial charge on any atom is -0.497 e. The molecule has 1 amide bonds. The molecule has 2 atom stereocenters. The molecule has 0 radical (unpaired) electrons. The highest BCUT2D eigenvalue weighted by molar-refractivity contribution is 5.99. The van der Waals surface area contributed by atoms with Crippen molar-refractivity contribution in [2.24, 2.45) is 11.0 Å². The Kier molecular flexibility index (Phi) is 5.04. The normalized spacial score (nSPS) is 22.6. The van der Waals surface area contributed by atoms with Gasteiger partial charge < -0.3 is 14.2 Å². The molecule has 0 aliphatic carbocycles. The van der Waals surface area contributed by atoms with Crippen LogP contribution in [0, 0.1) is 5.92 Å². The summed E-state index contributed by atoms with van der Waals surface area (Å²) in [4.78, 5) is 13.4. The molecule has 2 aromatic rings. The number of nitrogens with zero attached hydrogens (tertiary/aromatic N) is 2. The maximum absolute atomic E-state index is 13.4. The molecule has 4 rings (SSSR count). The molecule has 1 fully saturated rings. The van der Waals surface area contributed by atoms with Crippen LogP contribution in [0.3, 0.4) is 0 Å². The van der Waals surface area contributed by atoms with Crippen LogP contribution in [0.5, 0.6) is 11.5 Å². The van der Waals surface area contributed by atoms with E-state index in [1.54, 1.807) is 43.5 Å². The molecule has 0 bridgehead atoms. The zero-order valence-corrected chi connectivity index (χ0v) is 17.2. The van der Waals surface area contributed by atoms with E-state index in [2.05, 4.69) is 13.8 Å². The molecule has 29 heavy (non-hydrogen) atoms. The summed E-state index contributed by atoms with van der Waals surface area (Å²) >= 11 is 0. The van der Waals surface area contributed by atoms with Crippen LogP contribution in [-0.4, -0.2) is 43.1 Å². The van der Waals surface area contributed by atoms with E-state index in [0.717, 1.165) is 17.0 Å². The molecule has 0 N–H and O–H groups in total. The van der Waals surface area contributed by atoms with Gasteiger partial charge in [-0.15, -0.1) is 0 Å². The summed E-state index contributed by atoms with van der Waals surface area (Å²) in [7, 11) is 3.25. The summed E-state index contributed by atoms with van der Waals surface area (Å²) in [6.07, 6.45) is 0.705. The second-order valence-corrected chi connectivity index (χ2v) is 8.04. The van der Waals surface area contributed by atoms with Crippen LogP contribution in [0.4, 0.5) is 0 Å². The van der Waals surface area contributed by atoms with E-state index in [4.69, 9.17) is 19.3 Å². The molecule has 6 heteroatoms. The van der Waals surface area contributed by atoms with Crippen LogP contribution in [0.15, 0.2) is 53.6 Å². The number of methoxy groups -OCH3 is 2. The number of carbonyl (C=O) groups is 1. The Morgan fingerprint density at radius 2 is 1.62 bits per heavy atom. The average molecular weight is 394 g/mol. The maximum Gasteiger partial charge on any atom is 0.274 e. The van der Waals surface area contributed by atoms with Crippen molar-refractivity contribution in [1.82, 2.24) is 5.01 Å². The second kappa shape index (κ2) is 7.52. The first-order valence-electron chi connectivity index (χ1n) is 9.75. The first-order chi connectivity index (χ1) is 13.9. The smallest absolute Gasteiger partial charge is 0.274 e. The predicted octanol–water partition coefficient (Wildman–Crippen LogP) is 4.07.